The first-order valence-corrected chi connectivity index (χ1v) is 8.77. The van der Waals surface area contributed by atoms with Crippen molar-refractivity contribution >= 4 is 10.0 Å². The predicted molar refractivity (Wildman–Crippen MR) is 76.9 cm³/mol. The second-order valence-electron chi connectivity index (χ2n) is 5.88. The summed E-state index contributed by atoms with van der Waals surface area (Å²) in [5.74, 6) is 0.568. The Bertz CT molecular complexity index is 567. The molecule has 1 aromatic carbocycles. The smallest absolute Gasteiger partial charge is 0.243 e. The van der Waals surface area contributed by atoms with E-state index in [9.17, 15) is 8.42 Å². The van der Waals surface area contributed by atoms with Gasteiger partial charge < -0.3 is 5.11 Å². The molecule has 0 spiro atoms. The highest BCUT2D eigenvalue weighted by atomic mass is 32.2. The van der Waals surface area contributed by atoms with Gasteiger partial charge in [-0.2, -0.15) is 4.31 Å². The van der Waals surface area contributed by atoms with Gasteiger partial charge in [0, 0.05) is 19.2 Å². The number of fused-ring (bicyclic) bond motifs is 2. The van der Waals surface area contributed by atoms with Gasteiger partial charge in [-0.25, -0.2) is 8.42 Å². The van der Waals surface area contributed by atoms with Crippen molar-refractivity contribution in [3.63, 3.8) is 0 Å². The minimum Gasteiger partial charge on any atom is -0.396 e. The topological polar surface area (TPSA) is 57.6 Å². The fraction of sp³-hybridized carbons (Fsp3) is 0.600. The van der Waals surface area contributed by atoms with Gasteiger partial charge in [-0.05, 0) is 55.7 Å². The molecule has 1 aromatic rings. The van der Waals surface area contributed by atoms with E-state index in [-0.39, 0.29) is 12.6 Å². The third kappa shape index (κ3) is 2.50. The maximum absolute atomic E-state index is 12.6. The zero-order chi connectivity index (χ0) is 14.2. The lowest BCUT2D eigenvalue weighted by atomic mass is 10.1. The molecule has 4 nitrogen and oxygen atoms in total. The molecule has 20 heavy (non-hydrogen) atoms. The Morgan fingerprint density at radius 3 is 2.50 bits per heavy atom. The van der Waals surface area contributed by atoms with E-state index in [2.05, 4.69) is 0 Å². The number of aliphatic hydroxyl groups is 1. The monoisotopic (exact) mass is 295 g/mol. The van der Waals surface area contributed by atoms with Crippen molar-refractivity contribution in [3.05, 3.63) is 29.8 Å². The molecule has 2 atom stereocenters. The summed E-state index contributed by atoms with van der Waals surface area (Å²) < 4.78 is 27.0. The lowest BCUT2D eigenvalue weighted by molar-refractivity contribution is 0.288. The van der Waals surface area contributed by atoms with Crippen molar-refractivity contribution in [3.8, 4) is 0 Å². The summed E-state index contributed by atoms with van der Waals surface area (Å²) in [4.78, 5) is 0.401. The molecule has 1 saturated carbocycles. The Hall–Kier alpha value is -0.910. The highest BCUT2D eigenvalue weighted by molar-refractivity contribution is 7.89. The first-order valence-electron chi connectivity index (χ1n) is 7.33. The highest BCUT2D eigenvalue weighted by Gasteiger charge is 2.44. The van der Waals surface area contributed by atoms with E-state index in [1.165, 1.54) is 6.42 Å². The van der Waals surface area contributed by atoms with Gasteiger partial charge in [0.2, 0.25) is 10.0 Å². The zero-order valence-corrected chi connectivity index (χ0v) is 12.3. The summed E-state index contributed by atoms with van der Waals surface area (Å²) in [5, 5.41) is 8.81. The third-order valence-electron chi connectivity index (χ3n) is 4.51. The van der Waals surface area contributed by atoms with Crippen LogP contribution in [0.15, 0.2) is 29.2 Å². The van der Waals surface area contributed by atoms with Gasteiger partial charge in [-0.1, -0.05) is 12.1 Å². The van der Waals surface area contributed by atoms with E-state index < -0.39 is 10.0 Å². The van der Waals surface area contributed by atoms with E-state index >= 15 is 0 Å². The fourth-order valence-corrected chi connectivity index (χ4v) is 5.16. The minimum absolute atomic E-state index is 0.164. The Morgan fingerprint density at radius 2 is 1.95 bits per heavy atom. The number of rotatable bonds is 5. The predicted octanol–water partition coefficient (Wildman–Crippen LogP) is 1.78. The van der Waals surface area contributed by atoms with E-state index in [0.29, 0.717) is 23.8 Å². The van der Waals surface area contributed by atoms with Gasteiger partial charge in [-0.15, -0.1) is 0 Å². The standard InChI is InChI=1S/C15H21NO3S/c17-9-1-2-12-4-7-15(8-5-12)20(18,19)16-11-13-3-6-14(16)10-13/h4-5,7-8,13-14,17H,1-3,6,9-11H2. The van der Waals surface area contributed by atoms with Crippen molar-refractivity contribution in [2.24, 2.45) is 5.92 Å². The molecule has 2 unspecified atom stereocenters. The molecule has 1 saturated heterocycles. The van der Waals surface area contributed by atoms with Crippen LogP contribution < -0.4 is 0 Å². The lowest BCUT2D eigenvalue weighted by Gasteiger charge is -2.26. The van der Waals surface area contributed by atoms with E-state index in [4.69, 9.17) is 5.11 Å². The van der Waals surface area contributed by atoms with Crippen LogP contribution in [-0.4, -0.2) is 37.0 Å². The molecule has 2 bridgehead atoms. The van der Waals surface area contributed by atoms with Gasteiger partial charge >= 0.3 is 0 Å². The van der Waals surface area contributed by atoms with Crippen molar-refractivity contribution in [2.75, 3.05) is 13.2 Å². The number of piperidine rings is 1. The summed E-state index contributed by atoms with van der Waals surface area (Å²) >= 11 is 0. The molecule has 0 amide bonds. The number of aryl methyl sites for hydroxylation is 1. The minimum atomic E-state index is -3.32. The number of hydrogen-bond donors (Lipinski definition) is 1. The SMILES string of the molecule is O=S(=O)(c1ccc(CCCO)cc1)N1CC2CCC1C2. The normalized spacial score (nSPS) is 26.2. The van der Waals surface area contributed by atoms with Gasteiger partial charge in [-0.3, -0.25) is 0 Å². The maximum atomic E-state index is 12.6. The van der Waals surface area contributed by atoms with Gasteiger partial charge in [0.1, 0.15) is 0 Å². The molecule has 2 aliphatic rings. The van der Waals surface area contributed by atoms with Crippen LogP contribution in [0.4, 0.5) is 0 Å². The van der Waals surface area contributed by atoms with Crippen LogP contribution in [0.5, 0.6) is 0 Å². The van der Waals surface area contributed by atoms with Crippen LogP contribution in [0.3, 0.4) is 0 Å². The summed E-state index contributed by atoms with van der Waals surface area (Å²) in [5.41, 5.74) is 1.07. The average Bonchev–Trinajstić information content (AvgIpc) is 3.08. The van der Waals surface area contributed by atoms with Crippen LogP contribution >= 0.6 is 0 Å². The molecule has 1 N–H and O–H groups in total. The van der Waals surface area contributed by atoms with Gasteiger partial charge in [0.05, 0.1) is 4.90 Å². The largest absolute Gasteiger partial charge is 0.396 e. The van der Waals surface area contributed by atoms with Crippen molar-refractivity contribution in [1.29, 1.82) is 0 Å². The number of benzene rings is 1. The third-order valence-corrected chi connectivity index (χ3v) is 6.45. The highest BCUT2D eigenvalue weighted by Crippen LogP contribution is 2.40. The van der Waals surface area contributed by atoms with E-state index in [0.717, 1.165) is 24.8 Å². The molecule has 110 valence electrons. The van der Waals surface area contributed by atoms with Crippen LogP contribution in [0.2, 0.25) is 0 Å². The number of sulfonamides is 1. The molecule has 0 aromatic heterocycles. The average molecular weight is 295 g/mol. The first-order chi connectivity index (χ1) is 9.61. The van der Waals surface area contributed by atoms with Crippen molar-refractivity contribution in [1.82, 2.24) is 4.31 Å². The quantitative estimate of drug-likeness (QED) is 0.901. The number of hydrogen-bond acceptors (Lipinski definition) is 3. The molecule has 3 rings (SSSR count). The molecule has 1 aliphatic carbocycles. The molecule has 2 fully saturated rings. The summed E-state index contributed by atoms with van der Waals surface area (Å²) in [6.07, 6.45) is 4.72. The second kappa shape index (κ2) is 5.47. The van der Waals surface area contributed by atoms with Gasteiger partial charge in [0.25, 0.3) is 0 Å². The maximum Gasteiger partial charge on any atom is 0.243 e. The molecule has 0 radical (unpaired) electrons. The zero-order valence-electron chi connectivity index (χ0n) is 11.5. The molecule has 1 heterocycles. The Balaban J connectivity index is 1.77. The summed E-state index contributed by atoms with van der Waals surface area (Å²) in [6, 6.07) is 7.34. The number of aliphatic hydroxyl groups excluding tert-OH is 1. The van der Waals surface area contributed by atoms with Crippen LogP contribution in [0.25, 0.3) is 0 Å². The van der Waals surface area contributed by atoms with Crippen LogP contribution in [0.1, 0.15) is 31.2 Å². The Kier molecular flexibility index (Phi) is 3.84. The Labute approximate surface area is 120 Å². The summed E-state index contributed by atoms with van der Waals surface area (Å²) in [7, 11) is -3.32. The van der Waals surface area contributed by atoms with E-state index in [1.54, 1.807) is 16.4 Å². The molecule has 1 aliphatic heterocycles. The van der Waals surface area contributed by atoms with E-state index in [1.807, 2.05) is 12.1 Å². The number of nitrogens with zero attached hydrogens (tertiary/aromatic N) is 1. The van der Waals surface area contributed by atoms with Crippen LogP contribution in [0, 0.1) is 5.92 Å². The van der Waals surface area contributed by atoms with Crippen molar-refractivity contribution in [2.45, 2.75) is 43.0 Å². The molecular weight excluding hydrogens is 274 g/mol. The van der Waals surface area contributed by atoms with Gasteiger partial charge in [0.15, 0.2) is 0 Å². The fourth-order valence-electron chi connectivity index (χ4n) is 3.42. The second-order valence-corrected chi connectivity index (χ2v) is 7.77. The van der Waals surface area contributed by atoms with Crippen molar-refractivity contribution < 1.29 is 13.5 Å². The molecular formula is C15H21NO3S. The Morgan fingerprint density at radius 1 is 1.20 bits per heavy atom. The molecule has 5 heteroatoms. The van der Waals surface area contributed by atoms with Crippen LogP contribution in [-0.2, 0) is 16.4 Å². The summed E-state index contributed by atoms with van der Waals surface area (Å²) in [6.45, 7) is 0.857. The lowest BCUT2D eigenvalue weighted by Crippen LogP contribution is -2.37. The first kappa shape index (κ1) is 14.0.